The molecule has 0 aliphatic rings. The Bertz CT molecular complexity index is 504. The molecule has 8 heteroatoms. The minimum Gasteiger partial charge on any atom is -0.481 e. The number of nitrogens with one attached hydrogen (secondary N) is 2. The standard InChI is InChI=1S/C13H16N2O5.Zn/c1-14-9-4-2-8(3-5-9)12(18)15-10(13(19)20)6-7-11(16)17;/h2-5,10,14H,6-7H2,1H3,(H,15,18)(H,16,17)(H,19,20);. The molecule has 110 valence electrons. The third-order valence-corrected chi connectivity index (χ3v) is 2.69. The second-order valence-corrected chi connectivity index (χ2v) is 4.12. The van der Waals surface area contributed by atoms with Gasteiger partial charge in [-0.2, -0.15) is 0 Å². The molecule has 0 saturated heterocycles. The van der Waals surface area contributed by atoms with Crippen LogP contribution in [0.2, 0.25) is 0 Å². The molecule has 0 aromatic heterocycles. The van der Waals surface area contributed by atoms with Crippen molar-refractivity contribution in [3.8, 4) is 0 Å². The van der Waals surface area contributed by atoms with Gasteiger partial charge in [-0.3, -0.25) is 9.59 Å². The zero-order valence-electron chi connectivity index (χ0n) is 11.6. The molecule has 0 fully saturated rings. The Labute approximate surface area is 134 Å². The summed E-state index contributed by atoms with van der Waals surface area (Å²) in [5, 5.41) is 22.7. The molecule has 1 aromatic carbocycles. The van der Waals surface area contributed by atoms with E-state index in [-0.39, 0.29) is 32.3 Å². The number of hydrogen-bond donors (Lipinski definition) is 4. The molecule has 7 nitrogen and oxygen atoms in total. The second-order valence-electron chi connectivity index (χ2n) is 4.12. The van der Waals surface area contributed by atoms with Crippen LogP contribution in [-0.4, -0.2) is 41.1 Å². The number of carboxylic acids is 2. The molecule has 0 bridgehead atoms. The van der Waals surface area contributed by atoms with Gasteiger partial charge in [0.1, 0.15) is 6.04 Å². The first kappa shape index (κ1) is 19.1. The van der Waals surface area contributed by atoms with E-state index in [9.17, 15) is 14.4 Å². The van der Waals surface area contributed by atoms with Gasteiger partial charge in [0.2, 0.25) is 0 Å². The number of hydrogen-bond acceptors (Lipinski definition) is 4. The van der Waals surface area contributed by atoms with Crippen LogP contribution in [-0.2, 0) is 29.1 Å². The molecule has 0 saturated carbocycles. The number of carboxylic acid groups (broad SMARTS) is 2. The summed E-state index contributed by atoms with van der Waals surface area (Å²) >= 11 is 0. The van der Waals surface area contributed by atoms with Crippen molar-refractivity contribution in [3.05, 3.63) is 29.8 Å². The van der Waals surface area contributed by atoms with E-state index in [1.54, 1.807) is 31.3 Å². The molecular formula is C13H16N2O5Zn. The van der Waals surface area contributed by atoms with E-state index in [1.165, 1.54) is 0 Å². The maximum Gasteiger partial charge on any atom is 0.326 e. The van der Waals surface area contributed by atoms with E-state index >= 15 is 0 Å². The molecule has 0 spiro atoms. The number of anilines is 1. The van der Waals surface area contributed by atoms with Gasteiger partial charge in [-0.15, -0.1) is 0 Å². The zero-order chi connectivity index (χ0) is 15.1. The van der Waals surface area contributed by atoms with Crippen molar-refractivity contribution >= 4 is 23.5 Å². The third-order valence-electron chi connectivity index (χ3n) is 2.69. The van der Waals surface area contributed by atoms with Crippen LogP contribution in [0.5, 0.6) is 0 Å². The van der Waals surface area contributed by atoms with Crippen molar-refractivity contribution in [1.82, 2.24) is 5.32 Å². The van der Waals surface area contributed by atoms with E-state index in [1.807, 2.05) is 0 Å². The van der Waals surface area contributed by atoms with Crippen molar-refractivity contribution in [2.45, 2.75) is 18.9 Å². The molecular weight excluding hydrogens is 330 g/mol. The number of benzene rings is 1. The predicted molar refractivity (Wildman–Crippen MR) is 71.7 cm³/mol. The molecule has 21 heavy (non-hydrogen) atoms. The fourth-order valence-electron chi connectivity index (χ4n) is 1.56. The monoisotopic (exact) mass is 344 g/mol. The van der Waals surface area contributed by atoms with E-state index < -0.39 is 23.9 Å². The number of aliphatic carboxylic acids is 2. The van der Waals surface area contributed by atoms with Crippen molar-refractivity contribution in [2.24, 2.45) is 0 Å². The Hall–Kier alpha value is -1.95. The molecule has 0 aliphatic carbocycles. The first-order chi connectivity index (χ1) is 9.43. The average molecular weight is 346 g/mol. The minimum absolute atomic E-state index is 0. The molecule has 1 amide bonds. The van der Waals surface area contributed by atoms with Gasteiger partial charge in [-0.25, -0.2) is 4.79 Å². The van der Waals surface area contributed by atoms with Crippen LogP contribution in [0.4, 0.5) is 5.69 Å². The van der Waals surface area contributed by atoms with Gasteiger partial charge < -0.3 is 20.8 Å². The van der Waals surface area contributed by atoms with Crippen LogP contribution in [0.3, 0.4) is 0 Å². The van der Waals surface area contributed by atoms with Crippen molar-refractivity contribution in [2.75, 3.05) is 12.4 Å². The van der Waals surface area contributed by atoms with Crippen LogP contribution in [0.15, 0.2) is 24.3 Å². The Morgan fingerprint density at radius 3 is 2.14 bits per heavy atom. The third kappa shape index (κ3) is 6.36. The van der Waals surface area contributed by atoms with Gasteiger partial charge in [0.05, 0.1) is 0 Å². The summed E-state index contributed by atoms with van der Waals surface area (Å²) in [7, 11) is 1.74. The summed E-state index contributed by atoms with van der Waals surface area (Å²) < 4.78 is 0. The molecule has 0 aliphatic heterocycles. The summed E-state index contributed by atoms with van der Waals surface area (Å²) in [4.78, 5) is 33.3. The molecule has 1 aromatic rings. The molecule has 1 rings (SSSR count). The zero-order valence-corrected chi connectivity index (χ0v) is 14.6. The Kier molecular flexibility index (Phi) is 8.23. The van der Waals surface area contributed by atoms with E-state index in [4.69, 9.17) is 10.2 Å². The van der Waals surface area contributed by atoms with E-state index in [2.05, 4.69) is 10.6 Å². The van der Waals surface area contributed by atoms with Crippen molar-refractivity contribution in [1.29, 1.82) is 0 Å². The SMILES string of the molecule is CNc1ccc(C(=O)NC(CCC(=O)O)C(=O)O)cc1.[Zn]. The predicted octanol–water partition coefficient (Wildman–Crippen LogP) is 0.774. The minimum atomic E-state index is -1.26. The van der Waals surface area contributed by atoms with Crippen LogP contribution in [0, 0.1) is 0 Å². The number of amides is 1. The second kappa shape index (κ2) is 9.07. The first-order valence-corrected chi connectivity index (χ1v) is 5.97. The summed E-state index contributed by atoms with van der Waals surface area (Å²) in [6, 6.07) is 5.25. The Balaban J connectivity index is 0.00000400. The number of rotatable bonds is 7. The molecule has 0 radical (unpaired) electrons. The van der Waals surface area contributed by atoms with Gasteiger partial charge in [0, 0.05) is 44.2 Å². The molecule has 1 unspecified atom stereocenters. The smallest absolute Gasteiger partial charge is 0.326 e. The van der Waals surface area contributed by atoms with Gasteiger partial charge in [0.15, 0.2) is 0 Å². The van der Waals surface area contributed by atoms with Gasteiger partial charge in [-0.05, 0) is 30.7 Å². The Morgan fingerprint density at radius 2 is 1.71 bits per heavy atom. The summed E-state index contributed by atoms with van der Waals surface area (Å²) in [5.41, 5.74) is 1.13. The van der Waals surface area contributed by atoms with Gasteiger partial charge >= 0.3 is 11.9 Å². The van der Waals surface area contributed by atoms with Crippen LogP contribution in [0.1, 0.15) is 23.2 Å². The van der Waals surface area contributed by atoms with Crippen molar-refractivity contribution in [3.63, 3.8) is 0 Å². The first-order valence-electron chi connectivity index (χ1n) is 5.97. The molecule has 0 heterocycles. The van der Waals surface area contributed by atoms with Gasteiger partial charge in [0.25, 0.3) is 5.91 Å². The van der Waals surface area contributed by atoms with Gasteiger partial charge in [-0.1, -0.05) is 0 Å². The van der Waals surface area contributed by atoms with Crippen LogP contribution >= 0.6 is 0 Å². The maximum absolute atomic E-state index is 11.9. The molecule has 4 N–H and O–H groups in total. The van der Waals surface area contributed by atoms with Crippen LogP contribution in [0.25, 0.3) is 0 Å². The van der Waals surface area contributed by atoms with Crippen molar-refractivity contribution < 1.29 is 44.1 Å². The molecule has 1 atom stereocenters. The van der Waals surface area contributed by atoms with E-state index in [0.717, 1.165) is 5.69 Å². The average Bonchev–Trinajstić information content (AvgIpc) is 2.42. The van der Waals surface area contributed by atoms with Crippen LogP contribution < -0.4 is 10.6 Å². The summed E-state index contributed by atoms with van der Waals surface area (Å²) in [6.07, 6.45) is -0.485. The largest absolute Gasteiger partial charge is 0.481 e. The number of carbonyl (C=O) groups excluding carboxylic acids is 1. The topological polar surface area (TPSA) is 116 Å². The van der Waals surface area contributed by atoms with E-state index in [0.29, 0.717) is 5.56 Å². The summed E-state index contributed by atoms with van der Waals surface area (Å²) in [5.74, 6) is -2.92. The fourth-order valence-corrected chi connectivity index (χ4v) is 1.56. The summed E-state index contributed by atoms with van der Waals surface area (Å²) in [6.45, 7) is 0. The normalized spacial score (nSPS) is 10.9. The quantitative estimate of drug-likeness (QED) is 0.543. The maximum atomic E-state index is 11.9. The fraction of sp³-hybridized carbons (Fsp3) is 0.308. The Morgan fingerprint density at radius 1 is 1.14 bits per heavy atom. The number of carbonyl (C=O) groups is 3.